The van der Waals surface area contributed by atoms with Crippen LogP contribution in [0.5, 0.6) is 0 Å². The number of amides is 1. The number of hydrogen-bond donors (Lipinski definition) is 1. The van der Waals surface area contributed by atoms with E-state index in [1.165, 1.54) is 11.8 Å². The number of rotatable bonds is 5. The lowest BCUT2D eigenvalue weighted by Crippen LogP contribution is -2.23. The first-order chi connectivity index (χ1) is 12.0. The van der Waals surface area contributed by atoms with Crippen molar-refractivity contribution in [3.05, 3.63) is 47.2 Å². The number of furan rings is 1. The molecule has 0 saturated heterocycles. The quantitative estimate of drug-likeness (QED) is 0.677. The summed E-state index contributed by atoms with van der Waals surface area (Å²) in [6.07, 6.45) is 1.58. The Bertz CT molecular complexity index is 892. The van der Waals surface area contributed by atoms with Gasteiger partial charge in [0.05, 0.1) is 11.5 Å². The van der Waals surface area contributed by atoms with E-state index in [-0.39, 0.29) is 11.2 Å². The summed E-state index contributed by atoms with van der Waals surface area (Å²) in [7, 11) is 1.84. The van der Waals surface area contributed by atoms with E-state index in [4.69, 9.17) is 16.0 Å². The van der Waals surface area contributed by atoms with E-state index in [9.17, 15) is 4.79 Å². The molecule has 0 spiro atoms. The minimum atomic E-state index is -0.356. The molecule has 0 bridgehead atoms. The molecule has 2 heterocycles. The zero-order valence-corrected chi connectivity index (χ0v) is 15.6. The summed E-state index contributed by atoms with van der Waals surface area (Å²) in [5.74, 6) is 1.12. The van der Waals surface area contributed by atoms with Crippen molar-refractivity contribution < 1.29 is 9.21 Å². The Kier molecular flexibility index (Phi) is 5.15. The molecule has 3 aromatic rings. The van der Waals surface area contributed by atoms with Gasteiger partial charge in [-0.15, -0.1) is 10.2 Å². The highest BCUT2D eigenvalue weighted by Gasteiger charge is 2.20. The Balaban J connectivity index is 1.71. The third-order valence-electron chi connectivity index (χ3n) is 3.75. The van der Waals surface area contributed by atoms with Crippen molar-refractivity contribution in [2.45, 2.75) is 24.3 Å². The fourth-order valence-corrected chi connectivity index (χ4v) is 3.22. The second-order valence-corrected chi connectivity index (χ2v) is 7.22. The molecule has 0 unspecified atom stereocenters. The van der Waals surface area contributed by atoms with E-state index in [0.29, 0.717) is 27.5 Å². The van der Waals surface area contributed by atoms with Gasteiger partial charge in [-0.2, -0.15) is 0 Å². The average molecular weight is 377 g/mol. The zero-order chi connectivity index (χ0) is 18.0. The standard InChI is InChI=1S/C17H17ClN4O2S/c1-10-12(18)6-4-7-13(10)19-16(23)11(2)25-17-21-20-15(22(17)3)14-8-5-9-24-14/h4-9,11H,1-3H3,(H,19,23)/t11-/m0/s1. The van der Waals surface area contributed by atoms with Crippen LogP contribution in [0.4, 0.5) is 5.69 Å². The highest BCUT2D eigenvalue weighted by Crippen LogP contribution is 2.28. The van der Waals surface area contributed by atoms with Crippen LogP contribution in [0, 0.1) is 6.92 Å². The third-order valence-corrected chi connectivity index (χ3v) is 5.30. The van der Waals surface area contributed by atoms with Gasteiger partial charge >= 0.3 is 0 Å². The van der Waals surface area contributed by atoms with Crippen molar-refractivity contribution in [3.8, 4) is 11.6 Å². The molecule has 0 aliphatic rings. The Morgan fingerprint density at radius 1 is 1.32 bits per heavy atom. The number of carbonyl (C=O) groups is 1. The number of hydrogen-bond acceptors (Lipinski definition) is 5. The van der Waals surface area contributed by atoms with Crippen LogP contribution in [0.3, 0.4) is 0 Å². The van der Waals surface area contributed by atoms with Gasteiger partial charge in [0.25, 0.3) is 0 Å². The molecule has 1 amide bonds. The monoisotopic (exact) mass is 376 g/mol. The van der Waals surface area contributed by atoms with Crippen molar-refractivity contribution in [1.29, 1.82) is 0 Å². The lowest BCUT2D eigenvalue weighted by molar-refractivity contribution is -0.115. The molecule has 0 saturated carbocycles. The molecular weight excluding hydrogens is 360 g/mol. The van der Waals surface area contributed by atoms with Crippen LogP contribution in [0.25, 0.3) is 11.6 Å². The number of anilines is 1. The first kappa shape index (κ1) is 17.6. The molecule has 1 N–H and O–H groups in total. The molecule has 3 rings (SSSR count). The second-order valence-electron chi connectivity index (χ2n) is 5.50. The molecule has 0 fully saturated rings. The second kappa shape index (κ2) is 7.33. The summed E-state index contributed by atoms with van der Waals surface area (Å²) in [5.41, 5.74) is 1.55. The summed E-state index contributed by atoms with van der Waals surface area (Å²) in [5, 5.41) is 12.1. The van der Waals surface area contributed by atoms with Crippen LogP contribution in [-0.4, -0.2) is 25.9 Å². The Hall–Kier alpha value is -2.25. The predicted octanol–water partition coefficient (Wildman–Crippen LogP) is 4.16. The van der Waals surface area contributed by atoms with Gasteiger partial charge in [0, 0.05) is 17.8 Å². The van der Waals surface area contributed by atoms with Gasteiger partial charge in [0.2, 0.25) is 5.91 Å². The minimum absolute atomic E-state index is 0.127. The summed E-state index contributed by atoms with van der Waals surface area (Å²) in [4.78, 5) is 12.5. The number of nitrogens with zero attached hydrogens (tertiary/aromatic N) is 3. The van der Waals surface area contributed by atoms with Crippen molar-refractivity contribution >= 4 is 35.0 Å². The largest absolute Gasteiger partial charge is 0.461 e. The summed E-state index contributed by atoms with van der Waals surface area (Å²) >= 11 is 7.42. The Labute approximate surface area is 154 Å². The van der Waals surface area contributed by atoms with Gasteiger partial charge < -0.3 is 14.3 Å². The van der Waals surface area contributed by atoms with Crippen LogP contribution in [0.15, 0.2) is 46.2 Å². The van der Waals surface area contributed by atoms with Crippen LogP contribution in [0.1, 0.15) is 12.5 Å². The lowest BCUT2D eigenvalue weighted by atomic mass is 10.2. The normalized spacial score (nSPS) is 12.2. The summed E-state index contributed by atoms with van der Waals surface area (Å²) in [6, 6.07) is 9.03. The summed E-state index contributed by atoms with van der Waals surface area (Å²) < 4.78 is 7.15. The zero-order valence-electron chi connectivity index (χ0n) is 14.0. The van der Waals surface area contributed by atoms with Crippen LogP contribution >= 0.6 is 23.4 Å². The van der Waals surface area contributed by atoms with Crippen molar-refractivity contribution in [3.63, 3.8) is 0 Å². The molecule has 8 heteroatoms. The fourth-order valence-electron chi connectivity index (χ4n) is 2.23. The van der Waals surface area contributed by atoms with E-state index in [1.54, 1.807) is 29.0 Å². The van der Waals surface area contributed by atoms with Gasteiger partial charge in [-0.25, -0.2) is 0 Å². The van der Waals surface area contributed by atoms with Crippen LogP contribution < -0.4 is 5.32 Å². The SMILES string of the molecule is Cc1c(Cl)cccc1NC(=O)[C@H](C)Sc1nnc(-c2ccco2)n1C. The first-order valence-corrected chi connectivity index (χ1v) is 8.89. The number of benzene rings is 1. The molecule has 130 valence electrons. The van der Waals surface area contributed by atoms with Crippen LogP contribution in [-0.2, 0) is 11.8 Å². The first-order valence-electron chi connectivity index (χ1n) is 7.63. The Morgan fingerprint density at radius 2 is 2.12 bits per heavy atom. The highest BCUT2D eigenvalue weighted by molar-refractivity contribution is 8.00. The molecular formula is C17H17ClN4O2S. The topological polar surface area (TPSA) is 73.0 Å². The molecule has 2 aromatic heterocycles. The number of aromatic nitrogens is 3. The molecule has 0 aliphatic carbocycles. The number of thioether (sulfide) groups is 1. The van der Waals surface area contributed by atoms with E-state index in [0.717, 1.165) is 5.56 Å². The smallest absolute Gasteiger partial charge is 0.237 e. The van der Waals surface area contributed by atoms with Gasteiger partial charge in [0.15, 0.2) is 16.7 Å². The molecule has 25 heavy (non-hydrogen) atoms. The molecule has 0 aliphatic heterocycles. The third kappa shape index (κ3) is 3.72. The van der Waals surface area contributed by atoms with Gasteiger partial charge in [-0.1, -0.05) is 29.4 Å². The molecule has 1 aromatic carbocycles. The van der Waals surface area contributed by atoms with Crippen LogP contribution in [0.2, 0.25) is 5.02 Å². The Morgan fingerprint density at radius 3 is 2.84 bits per heavy atom. The van der Waals surface area contributed by atoms with Crippen molar-refractivity contribution in [2.75, 3.05) is 5.32 Å². The van der Waals surface area contributed by atoms with Gasteiger partial charge in [-0.05, 0) is 43.7 Å². The fraction of sp³-hybridized carbons (Fsp3) is 0.235. The lowest BCUT2D eigenvalue weighted by Gasteiger charge is -2.13. The molecule has 6 nitrogen and oxygen atoms in total. The van der Waals surface area contributed by atoms with E-state index >= 15 is 0 Å². The minimum Gasteiger partial charge on any atom is -0.461 e. The van der Waals surface area contributed by atoms with Gasteiger partial charge in [-0.3, -0.25) is 4.79 Å². The predicted molar refractivity (Wildman–Crippen MR) is 98.8 cm³/mol. The van der Waals surface area contributed by atoms with Crippen molar-refractivity contribution in [1.82, 2.24) is 14.8 Å². The van der Waals surface area contributed by atoms with Crippen molar-refractivity contribution in [2.24, 2.45) is 7.05 Å². The molecule has 0 radical (unpaired) electrons. The maximum Gasteiger partial charge on any atom is 0.237 e. The van der Waals surface area contributed by atoms with E-state index in [1.807, 2.05) is 33.0 Å². The average Bonchev–Trinajstić information content (AvgIpc) is 3.22. The maximum absolute atomic E-state index is 12.5. The number of nitrogens with one attached hydrogen (secondary N) is 1. The highest BCUT2D eigenvalue weighted by atomic mass is 35.5. The summed E-state index contributed by atoms with van der Waals surface area (Å²) in [6.45, 7) is 3.69. The van der Waals surface area contributed by atoms with E-state index < -0.39 is 0 Å². The van der Waals surface area contributed by atoms with E-state index in [2.05, 4.69) is 15.5 Å². The maximum atomic E-state index is 12.5. The number of halogens is 1. The number of carbonyl (C=O) groups excluding carboxylic acids is 1. The molecule has 1 atom stereocenters. The van der Waals surface area contributed by atoms with Gasteiger partial charge in [0.1, 0.15) is 0 Å².